The van der Waals surface area contributed by atoms with Crippen molar-refractivity contribution < 1.29 is 9.59 Å². The first-order valence-corrected chi connectivity index (χ1v) is 22.5. The molecule has 0 bridgehead atoms. The van der Waals surface area contributed by atoms with Gasteiger partial charge in [-0.3, -0.25) is 0 Å². The molecule has 0 heterocycles. The Balaban J connectivity index is 1.93. The lowest BCUT2D eigenvalue weighted by Crippen LogP contribution is -2.56. The van der Waals surface area contributed by atoms with Gasteiger partial charge in [0.1, 0.15) is 0 Å². The van der Waals surface area contributed by atoms with Gasteiger partial charge in [-0.05, 0) is 37.5 Å². The fraction of sp³-hybridized carbons (Fsp3) is 0.955. The molecular weight excluding hydrogens is 617 g/mol. The van der Waals surface area contributed by atoms with Gasteiger partial charge in [0.05, 0.1) is 12.1 Å². The van der Waals surface area contributed by atoms with Crippen molar-refractivity contribution in [2.45, 2.75) is 245 Å². The summed E-state index contributed by atoms with van der Waals surface area (Å²) in [4.78, 5) is 25.2. The highest BCUT2D eigenvalue weighted by molar-refractivity contribution is 5.75. The number of carbonyl (C=O) groups excluding carboxylic acids is 2. The van der Waals surface area contributed by atoms with Crippen LogP contribution in [0.5, 0.6) is 0 Å². The Kier molecular flexibility index (Phi) is 32.2. The molecule has 0 aromatic heterocycles. The molecule has 0 saturated heterocycles. The fourth-order valence-corrected chi connectivity index (χ4v) is 7.56. The number of hydrogen-bond acceptors (Lipinski definition) is 2. The maximum absolute atomic E-state index is 12.6. The van der Waals surface area contributed by atoms with Gasteiger partial charge in [-0.2, -0.15) is 0 Å². The van der Waals surface area contributed by atoms with E-state index in [2.05, 4.69) is 49.0 Å². The second-order valence-corrected chi connectivity index (χ2v) is 16.9. The Morgan fingerprint density at radius 3 is 0.900 bits per heavy atom. The summed E-state index contributed by atoms with van der Waals surface area (Å²) in [7, 11) is 0. The molecule has 2 atom stereocenters. The Hall–Kier alpha value is -1.46. The zero-order chi connectivity index (χ0) is 36.3. The topological polar surface area (TPSA) is 82.3 Å². The monoisotopic (exact) mass is 705 g/mol. The molecule has 4 N–H and O–H groups in total. The van der Waals surface area contributed by atoms with E-state index in [-0.39, 0.29) is 24.1 Å². The van der Waals surface area contributed by atoms with Crippen LogP contribution in [0.4, 0.5) is 9.59 Å². The summed E-state index contributed by atoms with van der Waals surface area (Å²) in [6, 6.07) is -0.156. The smallest absolute Gasteiger partial charge is 0.315 e. The Morgan fingerprint density at radius 2 is 0.640 bits per heavy atom. The van der Waals surface area contributed by atoms with Crippen molar-refractivity contribution >= 4 is 12.1 Å². The third-order valence-electron chi connectivity index (χ3n) is 10.9. The summed E-state index contributed by atoms with van der Waals surface area (Å²) in [5.41, 5.74) is 0. The van der Waals surface area contributed by atoms with Crippen molar-refractivity contribution in [2.75, 3.05) is 13.1 Å². The first-order chi connectivity index (χ1) is 24.4. The number of carbonyl (C=O) groups is 2. The minimum absolute atomic E-state index is 0.00842. The minimum atomic E-state index is -0.0865. The van der Waals surface area contributed by atoms with Crippen LogP contribution in [0.15, 0.2) is 0 Å². The van der Waals surface area contributed by atoms with E-state index >= 15 is 0 Å². The molecule has 2 unspecified atom stereocenters. The van der Waals surface area contributed by atoms with Gasteiger partial charge in [0.2, 0.25) is 0 Å². The van der Waals surface area contributed by atoms with Gasteiger partial charge in [-0.15, -0.1) is 0 Å². The molecule has 1 fully saturated rings. The van der Waals surface area contributed by atoms with Crippen LogP contribution in [0.25, 0.3) is 0 Å². The van der Waals surface area contributed by atoms with Gasteiger partial charge in [0, 0.05) is 13.1 Å². The lowest BCUT2D eigenvalue weighted by molar-refractivity contribution is 0.213. The number of rotatable bonds is 34. The van der Waals surface area contributed by atoms with Crippen molar-refractivity contribution in [3.63, 3.8) is 0 Å². The molecule has 50 heavy (non-hydrogen) atoms. The summed E-state index contributed by atoms with van der Waals surface area (Å²) in [5, 5.41) is 12.4. The van der Waals surface area contributed by atoms with Crippen molar-refractivity contribution in [2.24, 2.45) is 11.8 Å². The molecular formula is C44H88N4O2. The van der Waals surface area contributed by atoms with Gasteiger partial charge >= 0.3 is 12.1 Å². The zero-order valence-electron chi connectivity index (χ0n) is 34.2. The van der Waals surface area contributed by atoms with E-state index in [1.165, 1.54) is 167 Å². The third kappa shape index (κ3) is 31.3. The number of hydrogen-bond donors (Lipinski definition) is 4. The van der Waals surface area contributed by atoms with Crippen LogP contribution in [0.2, 0.25) is 0 Å². The highest BCUT2D eigenvalue weighted by atomic mass is 16.2. The van der Waals surface area contributed by atoms with Crippen LogP contribution in [0, 0.1) is 11.8 Å². The molecule has 1 saturated carbocycles. The zero-order valence-corrected chi connectivity index (χ0v) is 34.2. The number of urea groups is 2. The predicted molar refractivity (Wildman–Crippen MR) is 218 cm³/mol. The maximum Gasteiger partial charge on any atom is 0.315 e. The molecule has 1 aliphatic carbocycles. The maximum atomic E-state index is 12.6. The lowest BCUT2D eigenvalue weighted by Gasteiger charge is -2.32. The van der Waals surface area contributed by atoms with Gasteiger partial charge in [0.15, 0.2) is 0 Å². The summed E-state index contributed by atoms with van der Waals surface area (Å²) < 4.78 is 0. The fourth-order valence-electron chi connectivity index (χ4n) is 7.56. The average molecular weight is 705 g/mol. The highest BCUT2D eigenvalue weighted by Gasteiger charge is 2.27. The molecule has 4 amide bonds. The minimum Gasteiger partial charge on any atom is -0.338 e. The SMILES string of the molecule is CC(C)CCCCCCCCCCCCCCCNC(=O)NC1CCCCC1NC(=O)NCCCCCCCCCCCCCCCC(C)C. The molecule has 296 valence electrons. The quantitative estimate of drug-likeness (QED) is 0.0503. The Bertz CT molecular complexity index is 696. The Morgan fingerprint density at radius 1 is 0.400 bits per heavy atom. The van der Waals surface area contributed by atoms with E-state index < -0.39 is 0 Å². The van der Waals surface area contributed by atoms with Crippen molar-refractivity contribution in [1.29, 1.82) is 0 Å². The van der Waals surface area contributed by atoms with E-state index in [0.717, 1.165) is 63.5 Å². The van der Waals surface area contributed by atoms with E-state index in [1.807, 2.05) is 0 Å². The molecule has 0 aliphatic heterocycles. The molecule has 0 spiro atoms. The first kappa shape index (κ1) is 46.6. The first-order valence-electron chi connectivity index (χ1n) is 22.5. The summed E-state index contributed by atoms with van der Waals surface area (Å²) >= 11 is 0. The molecule has 0 radical (unpaired) electrons. The largest absolute Gasteiger partial charge is 0.338 e. The predicted octanol–water partition coefficient (Wildman–Crippen LogP) is 13.1. The van der Waals surface area contributed by atoms with Crippen molar-refractivity contribution in [3.05, 3.63) is 0 Å². The Labute approximate surface area is 312 Å². The van der Waals surface area contributed by atoms with Crippen LogP contribution < -0.4 is 21.3 Å². The molecule has 6 nitrogen and oxygen atoms in total. The van der Waals surface area contributed by atoms with Crippen molar-refractivity contribution in [3.8, 4) is 0 Å². The molecule has 0 aromatic carbocycles. The second-order valence-electron chi connectivity index (χ2n) is 16.9. The molecule has 1 rings (SSSR count). The summed E-state index contributed by atoms with van der Waals surface area (Å²) in [5.74, 6) is 1.72. The van der Waals surface area contributed by atoms with E-state index in [0.29, 0.717) is 0 Å². The van der Waals surface area contributed by atoms with Crippen LogP contribution in [-0.4, -0.2) is 37.2 Å². The van der Waals surface area contributed by atoms with E-state index in [1.54, 1.807) is 0 Å². The lowest BCUT2D eigenvalue weighted by atomic mass is 9.90. The van der Waals surface area contributed by atoms with Gasteiger partial charge in [-0.25, -0.2) is 9.59 Å². The second kappa shape index (κ2) is 34.6. The van der Waals surface area contributed by atoms with E-state index in [9.17, 15) is 9.59 Å². The van der Waals surface area contributed by atoms with Crippen molar-refractivity contribution in [1.82, 2.24) is 21.3 Å². The number of unbranched alkanes of at least 4 members (excludes halogenated alkanes) is 24. The van der Waals surface area contributed by atoms with Crippen LogP contribution in [0.1, 0.15) is 233 Å². The van der Waals surface area contributed by atoms with Gasteiger partial charge in [-0.1, -0.05) is 207 Å². The summed E-state index contributed by atoms with van der Waals surface area (Å²) in [6.07, 6.45) is 41.7. The third-order valence-corrected chi connectivity index (χ3v) is 10.9. The molecule has 6 heteroatoms. The van der Waals surface area contributed by atoms with Crippen LogP contribution in [0.3, 0.4) is 0 Å². The van der Waals surface area contributed by atoms with Gasteiger partial charge in [0.25, 0.3) is 0 Å². The summed E-state index contributed by atoms with van der Waals surface area (Å²) in [6.45, 7) is 10.8. The average Bonchev–Trinajstić information content (AvgIpc) is 3.08. The van der Waals surface area contributed by atoms with E-state index in [4.69, 9.17) is 0 Å². The standard InChI is InChI=1S/C44H88N4O2/c1-39(2)33-27-23-19-15-11-7-5-9-13-17-21-25-31-37-45-43(49)47-41-35-29-30-36-42(41)48-44(50)46-38-32-26-22-18-14-10-6-8-12-16-20-24-28-34-40(3)4/h39-42H,5-38H2,1-4H3,(H2,45,47,49)(H2,46,48,50). The molecule has 1 aliphatic rings. The number of amides is 4. The van der Waals surface area contributed by atoms with Gasteiger partial charge < -0.3 is 21.3 Å². The van der Waals surface area contributed by atoms with Crippen LogP contribution in [-0.2, 0) is 0 Å². The van der Waals surface area contributed by atoms with Crippen LogP contribution >= 0.6 is 0 Å². The normalized spacial score (nSPS) is 16.2. The highest BCUT2D eigenvalue weighted by Crippen LogP contribution is 2.19. The molecule has 0 aromatic rings. The number of nitrogens with one attached hydrogen (secondary N) is 4.